The van der Waals surface area contributed by atoms with Gasteiger partial charge in [-0.3, -0.25) is 9.89 Å². The average molecular weight is 311 g/mol. The monoisotopic (exact) mass is 311 g/mol. The van der Waals surface area contributed by atoms with Crippen LogP contribution in [0, 0.1) is 0 Å². The van der Waals surface area contributed by atoms with Gasteiger partial charge in [0.25, 0.3) is 5.91 Å². The van der Waals surface area contributed by atoms with Gasteiger partial charge in [-0.15, -0.1) is 0 Å². The number of amides is 1. The third-order valence-corrected chi connectivity index (χ3v) is 4.68. The van der Waals surface area contributed by atoms with Gasteiger partial charge in [-0.25, -0.2) is 0 Å². The highest BCUT2D eigenvalue weighted by molar-refractivity contribution is 5.94. The van der Waals surface area contributed by atoms with Crippen molar-refractivity contribution in [2.45, 2.75) is 51.7 Å². The van der Waals surface area contributed by atoms with E-state index in [-0.39, 0.29) is 12.0 Å². The van der Waals surface area contributed by atoms with Crippen LogP contribution in [0.15, 0.2) is 18.2 Å². The van der Waals surface area contributed by atoms with E-state index in [9.17, 15) is 4.79 Å². The first-order chi connectivity index (χ1) is 11.2. The maximum absolute atomic E-state index is 12.4. The minimum Gasteiger partial charge on any atom is -0.490 e. The summed E-state index contributed by atoms with van der Waals surface area (Å²) in [5.74, 6) is 0.878. The summed E-state index contributed by atoms with van der Waals surface area (Å²) in [4.78, 5) is 12.4. The Morgan fingerprint density at radius 1 is 1.39 bits per heavy atom. The van der Waals surface area contributed by atoms with E-state index in [1.54, 1.807) is 0 Å². The Morgan fingerprint density at radius 2 is 2.26 bits per heavy atom. The molecule has 5 nitrogen and oxygen atoms in total. The number of aromatic nitrogens is 2. The number of fused-ring (bicyclic) bond motifs is 2. The number of nitrogens with one attached hydrogen (secondary N) is 2. The molecule has 120 valence electrons. The molecule has 1 amide bonds. The zero-order valence-electron chi connectivity index (χ0n) is 13.3. The number of ether oxygens (including phenoxy) is 1. The summed E-state index contributed by atoms with van der Waals surface area (Å²) in [5, 5.41) is 10.2. The lowest BCUT2D eigenvalue weighted by Gasteiger charge is -2.11. The fourth-order valence-corrected chi connectivity index (χ4v) is 3.52. The van der Waals surface area contributed by atoms with Gasteiger partial charge in [-0.2, -0.15) is 5.10 Å². The van der Waals surface area contributed by atoms with Crippen molar-refractivity contribution in [3.8, 4) is 5.75 Å². The largest absolute Gasteiger partial charge is 0.490 e. The Hall–Kier alpha value is -2.30. The number of aryl methyl sites for hydroxylation is 1. The van der Waals surface area contributed by atoms with Crippen LogP contribution in [-0.4, -0.2) is 22.2 Å². The molecule has 2 heterocycles. The molecule has 0 fully saturated rings. The minimum atomic E-state index is -0.0884. The molecule has 0 saturated heterocycles. The van der Waals surface area contributed by atoms with Gasteiger partial charge in [0.05, 0.1) is 0 Å². The lowest BCUT2D eigenvalue weighted by molar-refractivity contribution is 0.0945. The molecule has 0 bridgehead atoms. The zero-order valence-corrected chi connectivity index (χ0v) is 13.3. The van der Waals surface area contributed by atoms with E-state index in [0.717, 1.165) is 48.3 Å². The average Bonchev–Trinajstić information content (AvgIpc) is 3.14. The Bertz CT molecular complexity index is 751. The van der Waals surface area contributed by atoms with Crippen molar-refractivity contribution in [3.63, 3.8) is 0 Å². The molecule has 2 aliphatic rings. The van der Waals surface area contributed by atoms with Crippen LogP contribution in [0.5, 0.6) is 5.75 Å². The molecule has 1 atom stereocenters. The summed E-state index contributed by atoms with van der Waals surface area (Å²) in [5.41, 5.74) is 5.12. The van der Waals surface area contributed by atoms with Gasteiger partial charge in [0.2, 0.25) is 0 Å². The highest BCUT2D eigenvalue weighted by atomic mass is 16.5. The molecule has 2 N–H and O–H groups in total. The van der Waals surface area contributed by atoms with Crippen LogP contribution in [0.1, 0.15) is 52.6 Å². The van der Waals surface area contributed by atoms with Crippen LogP contribution in [0.3, 0.4) is 0 Å². The Balaban J connectivity index is 1.44. The fourth-order valence-electron chi connectivity index (χ4n) is 3.52. The molecule has 1 aromatic carbocycles. The molecule has 0 saturated carbocycles. The van der Waals surface area contributed by atoms with E-state index in [1.807, 2.05) is 12.1 Å². The minimum absolute atomic E-state index is 0.0884. The molecular formula is C18H21N3O2. The first kappa shape index (κ1) is 14.3. The van der Waals surface area contributed by atoms with Crippen molar-refractivity contribution < 1.29 is 9.53 Å². The number of hydrogen-bond donors (Lipinski definition) is 2. The van der Waals surface area contributed by atoms with E-state index in [4.69, 9.17) is 4.74 Å². The predicted octanol–water partition coefficient (Wildman–Crippen LogP) is 2.54. The van der Waals surface area contributed by atoms with Gasteiger partial charge in [0, 0.05) is 24.2 Å². The summed E-state index contributed by atoms with van der Waals surface area (Å²) in [6, 6.07) is 6.13. The van der Waals surface area contributed by atoms with Gasteiger partial charge in [-0.1, -0.05) is 12.1 Å². The quantitative estimate of drug-likeness (QED) is 0.915. The first-order valence-electron chi connectivity index (χ1n) is 8.33. The highest BCUT2D eigenvalue weighted by Crippen LogP contribution is 2.29. The van der Waals surface area contributed by atoms with Crippen molar-refractivity contribution in [1.82, 2.24) is 15.5 Å². The first-order valence-corrected chi connectivity index (χ1v) is 8.33. The number of benzene rings is 1. The number of aromatic amines is 1. The third kappa shape index (κ3) is 2.71. The maximum atomic E-state index is 12.4. The Labute approximate surface area is 135 Å². The topological polar surface area (TPSA) is 67.0 Å². The third-order valence-electron chi connectivity index (χ3n) is 4.68. The number of carbonyl (C=O) groups excluding carboxylic acids is 1. The summed E-state index contributed by atoms with van der Waals surface area (Å²) < 4.78 is 5.71. The van der Waals surface area contributed by atoms with Gasteiger partial charge < -0.3 is 10.1 Å². The smallest absolute Gasteiger partial charge is 0.272 e. The normalized spacial score (nSPS) is 18.9. The van der Waals surface area contributed by atoms with Crippen LogP contribution in [0.25, 0.3) is 0 Å². The van der Waals surface area contributed by atoms with E-state index in [2.05, 4.69) is 28.5 Å². The van der Waals surface area contributed by atoms with Gasteiger partial charge >= 0.3 is 0 Å². The Kier molecular flexibility index (Phi) is 3.56. The second kappa shape index (κ2) is 5.72. The van der Waals surface area contributed by atoms with Crippen LogP contribution in [0.4, 0.5) is 0 Å². The van der Waals surface area contributed by atoms with Crippen molar-refractivity contribution in [1.29, 1.82) is 0 Å². The number of rotatable bonds is 3. The van der Waals surface area contributed by atoms with Crippen LogP contribution in [0.2, 0.25) is 0 Å². The molecule has 23 heavy (non-hydrogen) atoms. The van der Waals surface area contributed by atoms with Crippen molar-refractivity contribution in [3.05, 3.63) is 46.3 Å². The second-order valence-electron chi connectivity index (χ2n) is 6.49. The lowest BCUT2D eigenvalue weighted by Crippen LogP contribution is -2.24. The molecule has 4 rings (SSSR count). The van der Waals surface area contributed by atoms with Crippen LogP contribution < -0.4 is 10.1 Å². The van der Waals surface area contributed by atoms with Crippen molar-refractivity contribution >= 4 is 5.91 Å². The number of carbonyl (C=O) groups is 1. The summed E-state index contributed by atoms with van der Waals surface area (Å²) in [6.45, 7) is 2.59. The summed E-state index contributed by atoms with van der Waals surface area (Å²) in [7, 11) is 0. The van der Waals surface area contributed by atoms with Crippen molar-refractivity contribution in [2.75, 3.05) is 0 Å². The van der Waals surface area contributed by atoms with E-state index in [0.29, 0.717) is 12.2 Å². The molecule has 1 unspecified atom stereocenters. The van der Waals surface area contributed by atoms with Gasteiger partial charge in [-0.05, 0) is 49.8 Å². The molecule has 1 aliphatic carbocycles. The SMILES string of the molecule is CC1Cc2cc(CNC(=O)c3n[nH]c4c3CCCC4)ccc2O1. The number of H-pyrrole nitrogens is 1. The van der Waals surface area contributed by atoms with E-state index in [1.165, 1.54) is 12.0 Å². The Morgan fingerprint density at radius 3 is 3.17 bits per heavy atom. The highest BCUT2D eigenvalue weighted by Gasteiger charge is 2.22. The molecule has 0 spiro atoms. The molecular weight excluding hydrogens is 290 g/mol. The van der Waals surface area contributed by atoms with E-state index < -0.39 is 0 Å². The number of hydrogen-bond acceptors (Lipinski definition) is 3. The molecule has 1 aromatic heterocycles. The molecule has 0 radical (unpaired) electrons. The van der Waals surface area contributed by atoms with Gasteiger partial charge in [0.15, 0.2) is 5.69 Å². The van der Waals surface area contributed by atoms with Crippen LogP contribution in [-0.2, 0) is 25.8 Å². The molecule has 5 heteroatoms. The predicted molar refractivity (Wildman–Crippen MR) is 86.6 cm³/mol. The summed E-state index contributed by atoms with van der Waals surface area (Å²) in [6.07, 6.45) is 5.43. The summed E-state index contributed by atoms with van der Waals surface area (Å²) >= 11 is 0. The van der Waals surface area contributed by atoms with E-state index >= 15 is 0 Å². The molecule has 1 aliphatic heterocycles. The zero-order chi connectivity index (χ0) is 15.8. The van der Waals surface area contributed by atoms with Crippen LogP contribution >= 0.6 is 0 Å². The molecule has 2 aromatic rings. The second-order valence-corrected chi connectivity index (χ2v) is 6.49. The van der Waals surface area contributed by atoms with Gasteiger partial charge in [0.1, 0.15) is 11.9 Å². The number of nitrogens with zero attached hydrogens (tertiary/aromatic N) is 1. The standard InChI is InChI=1S/C18H21N3O2/c1-11-8-13-9-12(6-7-16(13)23-11)10-19-18(22)17-14-4-2-3-5-15(14)20-21-17/h6-7,9,11H,2-5,8,10H2,1H3,(H,19,22)(H,20,21). The fraction of sp³-hybridized carbons (Fsp3) is 0.444. The van der Waals surface area contributed by atoms with Crippen molar-refractivity contribution in [2.24, 2.45) is 0 Å². The maximum Gasteiger partial charge on any atom is 0.272 e. The lowest BCUT2D eigenvalue weighted by atomic mass is 9.96.